The first-order valence-electron chi connectivity index (χ1n) is 9.81. The molecule has 1 heterocycles. The van der Waals surface area contributed by atoms with Gasteiger partial charge in [0, 0.05) is 40.2 Å². The van der Waals surface area contributed by atoms with Crippen LogP contribution in [0, 0.1) is 5.92 Å². The number of amides is 1. The molecule has 0 unspecified atom stereocenters. The topological polar surface area (TPSA) is 64.8 Å². The summed E-state index contributed by atoms with van der Waals surface area (Å²) in [7, 11) is 0. The number of thiocarbonyl (C=S) groups is 1. The summed E-state index contributed by atoms with van der Waals surface area (Å²) >= 11 is 17.9. The van der Waals surface area contributed by atoms with Crippen LogP contribution in [0.25, 0.3) is 0 Å². The van der Waals surface area contributed by atoms with Gasteiger partial charge >= 0.3 is 0 Å². The number of halogens is 2. The molecule has 0 saturated carbocycles. The van der Waals surface area contributed by atoms with Gasteiger partial charge < -0.3 is 20.1 Å². The third-order valence-corrected chi connectivity index (χ3v) is 6.15. The molecule has 3 rings (SSSR count). The molecule has 2 N–H and O–H groups in total. The lowest BCUT2D eigenvalue weighted by atomic mass is 9.96. The lowest BCUT2D eigenvalue weighted by Crippen LogP contribution is -2.41. The number of hydrogen-bond donors (Lipinski definition) is 1. The van der Waals surface area contributed by atoms with Crippen LogP contribution in [0.4, 0.5) is 0 Å². The van der Waals surface area contributed by atoms with Crippen LogP contribution in [0.3, 0.4) is 0 Å². The molecule has 8 heteroatoms. The Kier molecular flexibility index (Phi) is 7.81. The Morgan fingerprint density at radius 2 is 1.87 bits per heavy atom. The Labute approximate surface area is 192 Å². The van der Waals surface area contributed by atoms with Gasteiger partial charge in [0.2, 0.25) is 5.91 Å². The van der Waals surface area contributed by atoms with E-state index >= 15 is 0 Å². The van der Waals surface area contributed by atoms with E-state index in [1.54, 1.807) is 12.1 Å². The van der Waals surface area contributed by atoms with Gasteiger partial charge in [-0.05, 0) is 50.1 Å². The van der Waals surface area contributed by atoms with Gasteiger partial charge in [-0.3, -0.25) is 4.79 Å². The number of benzene rings is 2. The SMILES string of the molecule is CCOc1cc(C(=S)N2CCC(C(N)=O)CC2)ccc1OCc1ccc(Cl)cc1Cl. The lowest BCUT2D eigenvalue weighted by molar-refractivity contribution is -0.122. The maximum absolute atomic E-state index is 11.4. The third kappa shape index (κ3) is 5.56. The average Bonchev–Trinajstić information content (AvgIpc) is 2.73. The van der Waals surface area contributed by atoms with E-state index in [1.807, 2.05) is 31.2 Å². The van der Waals surface area contributed by atoms with Crippen LogP contribution < -0.4 is 15.2 Å². The van der Waals surface area contributed by atoms with E-state index in [0.29, 0.717) is 47.8 Å². The highest BCUT2D eigenvalue weighted by Crippen LogP contribution is 2.31. The molecule has 5 nitrogen and oxygen atoms in total. The van der Waals surface area contributed by atoms with Gasteiger partial charge in [-0.25, -0.2) is 0 Å². The number of rotatable bonds is 7. The quantitative estimate of drug-likeness (QED) is 0.591. The van der Waals surface area contributed by atoms with Crippen LogP contribution in [0.1, 0.15) is 30.9 Å². The minimum Gasteiger partial charge on any atom is -0.490 e. The second-order valence-electron chi connectivity index (χ2n) is 7.09. The number of likely N-dealkylation sites (tertiary alicyclic amines) is 1. The van der Waals surface area contributed by atoms with Crippen molar-refractivity contribution in [3.63, 3.8) is 0 Å². The van der Waals surface area contributed by atoms with Crippen molar-refractivity contribution >= 4 is 46.3 Å². The van der Waals surface area contributed by atoms with Crippen molar-refractivity contribution in [1.29, 1.82) is 0 Å². The third-order valence-electron chi connectivity index (χ3n) is 5.07. The maximum Gasteiger partial charge on any atom is 0.220 e. The first-order chi connectivity index (χ1) is 14.4. The van der Waals surface area contributed by atoms with Gasteiger partial charge in [-0.2, -0.15) is 0 Å². The van der Waals surface area contributed by atoms with Crippen molar-refractivity contribution in [1.82, 2.24) is 4.90 Å². The highest BCUT2D eigenvalue weighted by atomic mass is 35.5. The zero-order chi connectivity index (χ0) is 21.7. The highest BCUT2D eigenvalue weighted by molar-refractivity contribution is 7.80. The molecule has 0 aliphatic carbocycles. The normalized spacial score (nSPS) is 14.4. The first-order valence-corrected chi connectivity index (χ1v) is 11.0. The standard InChI is InChI=1S/C22H24Cl2N2O3S/c1-2-28-20-11-15(22(30)26-9-7-14(8-10-26)21(25)27)4-6-19(20)29-13-16-3-5-17(23)12-18(16)24/h3-6,11-12,14H,2,7-10,13H2,1H3,(H2,25,27). The van der Waals surface area contributed by atoms with Gasteiger partial charge in [0.25, 0.3) is 0 Å². The van der Waals surface area contributed by atoms with Crippen molar-refractivity contribution in [2.24, 2.45) is 11.7 Å². The van der Waals surface area contributed by atoms with E-state index in [0.717, 1.165) is 29.0 Å². The van der Waals surface area contributed by atoms with E-state index in [-0.39, 0.29) is 11.8 Å². The number of hydrogen-bond acceptors (Lipinski definition) is 4. The summed E-state index contributed by atoms with van der Waals surface area (Å²) in [5, 5.41) is 1.13. The lowest BCUT2D eigenvalue weighted by Gasteiger charge is -2.32. The summed E-state index contributed by atoms with van der Waals surface area (Å²) in [6.07, 6.45) is 1.44. The fourth-order valence-corrected chi connectivity index (χ4v) is 4.15. The fourth-order valence-electron chi connectivity index (χ4n) is 3.37. The molecular weight excluding hydrogens is 443 g/mol. The molecule has 2 aromatic rings. The molecule has 1 amide bonds. The summed E-state index contributed by atoms with van der Waals surface area (Å²) in [5.41, 5.74) is 7.13. The summed E-state index contributed by atoms with van der Waals surface area (Å²) in [6, 6.07) is 11.0. The van der Waals surface area contributed by atoms with Crippen LogP contribution in [-0.2, 0) is 11.4 Å². The number of carbonyl (C=O) groups is 1. The molecule has 1 aliphatic heterocycles. The smallest absolute Gasteiger partial charge is 0.220 e. The zero-order valence-electron chi connectivity index (χ0n) is 16.7. The molecule has 0 spiro atoms. The Balaban J connectivity index is 1.71. The summed E-state index contributed by atoms with van der Waals surface area (Å²) in [6.45, 7) is 4.13. The van der Waals surface area contributed by atoms with Crippen molar-refractivity contribution < 1.29 is 14.3 Å². The van der Waals surface area contributed by atoms with Gasteiger partial charge in [0.1, 0.15) is 11.6 Å². The van der Waals surface area contributed by atoms with E-state index in [2.05, 4.69) is 4.90 Å². The number of piperidine rings is 1. The Bertz CT molecular complexity index is 931. The highest BCUT2D eigenvalue weighted by Gasteiger charge is 2.25. The maximum atomic E-state index is 11.4. The first kappa shape index (κ1) is 22.7. The predicted molar refractivity (Wildman–Crippen MR) is 124 cm³/mol. The van der Waals surface area contributed by atoms with Gasteiger partial charge in [0.15, 0.2) is 11.5 Å². The number of primary amides is 1. The van der Waals surface area contributed by atoms with Crippen LogP contribution in [0.2, 0.25) is 10.0 Å². The van der Waals surface area contributed by atoms with E-state index in [1.165, 1.54) is 0 Å². The van der Waals surface area contributed by atoms with Crippen molar-refractivity contribution in [3.05, 3.63) is 57.6 Å². The molecule has 160 valence electrons. The zero-order valence-corrected chi connectivity index (χ0v) is 19.0. The van der Waals surface area contributed by atoms with Crippen LogP contribution in [-0.4, -0.2) is 35.5 Å². The second kappa shape index (κ2) is 10.3. The van der Waals surface area contributed by atoms with Crippen LogP contribution in [0.15, 0.2) is 36.4 Å². The van der Waals surface area contributed by atoms with Crippen molar-refractivity contribution in [3.8, 4) is 11.5 Å². The van der Waals surface area contributed by atoms with Gasteiger partial charge in [0.05, 0.1) is 6.61 Å². The number of nitrogens with zero attached hydrogens (tertiary/aromatic N) is 1. The van der Waals surface area contributed by atoms with Gasteiger partial charge in [-0.1, -0.05) is 41.5 Å². The fraction of sp³-hybridized carbons (Fsp3) is 0.364. The Morgan fingerprint density at radius 1 is 1.13 bits per heavy atom. The molecule has 0 bridgehead atoms. The molecule has 0 radical (unpaired) electrons. The molecule has 0 aromatic heterocycles. The molecule has 1 aliphatic rings. The monoisotopic (exact) mass is 466 g/mol. The second-order valence-corrected chi connectivity index (χ2v) is 8.32. The predicted octanol–water partition coefficient (Wildman–Crippen LogP) is 4.84. The summed E-state index contributed by atoms with van der Waals surface area (Å²) in [4.78, 5) is 14.2. The van der Waals surface area contributed by atoms with E-state index in [9.17, 15) is 4.79 Å². The van der Waals surface area contributed by atoms with Crippen molar-refractivity contribution in [2.45, 2.75) is 26.4 Å². The number of nitrogens with two attached hydrogens (primary N) is 1. The molecule has 2 aromatic carbocycles. The largest absolute Gasteiger partial charge is 0.490 e. The van der Waals surface area contributed by atoms with Crippen molar-refractivity contribution in [2.75, 3.05) is 19.7 Å². The molecule has 1 fully saturated rings. The Morgan fingerprint density at radius 3 is 2.50 bits per heavy atom. The van der Waals surface area contributed by atoms with Gasteiger partial charge in [-0.15, -0.1) is 0 Å². The Hall–Kier alpha value is -2.02. The average molecular weight is 467 g/mol. The molecular formula is C22H24Cl2N2O3S. The summed E-state index contributed by atoms with van der Waals surface area (Å²) < 4.78 is 11.7. The molecule has 0 atom stereocenters. The number of carbonyl (C=O) groups excluding carboxylic acids is 1. The minimum atomic E-state index is -0.235. The molecule has 1 saturated heterocycles. The van der Waals surface area contributed by atoms with Crippen LogP contribution >= 0.6 is 35.4 Å². The molecule has 30 heavy (non-hydrogen) atoms. The minimum absolute atomic E-state index is 0.0708. The van der Waals surface area contributed by atoms with E-state index in [4.69, 9.17) is 50.6 Å². The summed E-state index contributed by atoms with van der Waals surface area (Å²) in [5.74, 6) is 0.927. The van der Waals surface area contributed by atoms with E-state index < -0.39 is 0 Å². The van der Waals surface area contributed by atoms with Crippen LogP contribution in [0.5, 0.6) is 11.5 Å². The number of ether oxygens (including phenoxy) is 2.